The van der Waals surface area contributed by atoms with Gasteiger partial charge >= 0.3 is 0 Å². The molecule has 0 aliphatic carbocycles. The lowest BCUT2D eigenvalue weighted by atomic mass is 10.2. The second-order valence-corrected chi connectivity index (χ2v) is 7.14. The Balaban J connectivity index is 2.77. The standard InChI is InChI=1S/C14H26N4O2S/c1-10(2)18(11(3)4)9-8-17-12-6-5-7-13(14(12)15)21(16,19)20/h5-7,10-11,17H,8-9,15H2,1-4H3,(H2,16,19,20). The summed E-state index contributed by atoms with van der Waals surface area (Å²) in [5.41, 5.74) is 6.63. The zero-order valence-corrected chi connectivity index (χ0v) is 13.9. The van der Waals surface area contributed by atoms with E-state index in [1.54, 1.807) is 12.1 Å². The van der Waals surface area contributed by atoms with E-state index >= 15 is 0 Å². The van der Waals surface area contributed by atoms with Gasteiger partial charge in [-0.1, -0.05) is 6.07 Å². The molecule has 1 rings (SSSR count). The first-order valence-corrected chi connectivity index (χ1v) is 8.60. The van der Waals surface area contributed by atoms with Crippen molar-refractivity contribution in [3.8, 4) is 0 Å². The van der Waals surface area contributed by atoms with Crippen molar-refractivity contribution < 1.29 is 8.42 Å². The number of primary sulfonamides is 1. The molecule has 0 bridgehead atoms. The Morgan fingerprint density at radius 1 is 1.19 bits per heavy atom. The van der Waals surface area contributed by atoms with Crippen LogP contribution >= 0.6 is 0 Å². The third kappa shape index (κ3) is 4.87. The lowest BCUT2D eigenvalue weighted by Crippen LogP contribution is -2.40. The van der Waals surface area contributed by atoms with Crippen LogP contribution in [0, 0.1) is 0 Å². The molecule has 0 unspecified atom stereocenters. The van der Waals surface area contributed by atoms with Crippen LogP contribution in [0.3, 0.4) is 0 Å². The van der Waals surface area contributed by atoms with Crippen molar-refractivity contribution in [2.75, 3.05) is 24.1 Å². The average molecular weight is 314 g/mol. The van der Waals surface area contributed by atoms with Crippen LogP contribution in [0.25, 0.3) is 0 Å². The summed E-state index contributed by atoms with van der Waals surface area (Å²) in [6.45, 7) is 10.1. The Labute approximate surface area is 127 Å². The Kier molecular flexibility index (Phi) is 6.00. The molecule has 0 spiro atoms. The van der Waals surface area contributed by atoms with Gasteiger partial charge in [0.05, 0.1) is 11.4 Å². The number of hydrogen-bond acceptors (Lipinski definition) is 5. The molecule has 120 valence electrons. The maximum atomic E-state index is 11.4. The van der Waals surface area contributed by atoms with Crippen molar-refractivity contribution in [3.05, 3.63) is 18.2 Å². The molecule has 0 aliphatic heterocycles. The predicted molar refractivity (Wildman–Crippen MR) is 87.7 cm³/mol. The van der Waals surface area contributed by atoms with Gasteiger partial charge in [-0.3, -0.25) is 4.90 Å². The summed E-state index contributed by atoms with van der Waals surface area (Å²) in [5.74, 6) is 0. The first-order valence-electron chi connectivity index (χ1n) is 7.05. The molecule has 0 amide bonds. The zero-order chi connectivity index (χ0) is 16.2. The molecule has 0 heterocycles. The summed E-state index contributed by atoms with van der Waals surface area (Å²) in [5, 5.41) is 8.32. The van der Waals surface area contributed by atoms with Gasteiger partial charge in [-0.2, -0.15) is 0 Å². The first kappa shape index (κ1) is 17.7. The van der Waals surface area contributed by atoms with Gasteiger partial charge in [0.25, 0.3) is 0 Å². The monoisotopic (exact) mass is 314 g/mol. The predicted octanol–water partition coefficient (Wildman–Crippen LogP) is 1.45. The summed E-state index contributed by atoms with van der Waals surface area (Å²) in [6, 6.07) is 5.67. The number of nitrogen functional groups attached to an aromatic ring is 1. The van der Waals surface area contributed by atoms with Crippen LogP contribution in [0.15, 0.2) is 23.1 Å². The molecule has 1 aromatic rings. The van der Waals surface area contributed by atoms with Crippen molar-refractivity contribution in [1.29, 1.82) is 0 Å². The number of nitrogens with zero attached hydrogens (tertiary/aromatic N) is 1. The van der Waals surface area contributed by atoms with E-state index in [0.717, 1.165) is 6.54 Å². The Bertz CT molecular complexity index is 562. The smallest absolute Gasteiger partial charge is 0.240 e. The molecular formula is C14H26N4O2S. The molecule has 7 heteroatoms. The van der Waals surface area contributed by atoms with Gasteiger partial charge in [-0.25, -0.2) is 13.6 Å². The highest BCUT2D eigenvalue weighted by atomic mass is 32.2. The van der Waals surface area contributed by atoms with Gasteiger partial charge in [0.15, 0.2) is 0 Å². The molecule has 0 saturated carbocycles. The molecule has 0 atom stereocenters. The van der Waals surface area contributed by atoms with Gasteiger partial charge in [0, 0.05) is 25.2 Å². The third-order valence-corrected chi connectivity index (χ3v) is 4.35. The van der Waals surface area contributed by atoms with Crippen LogP contribution in [-0.2, 0) is 10.0 Å². The van der Waals surface area contributed by atoms with Crippen LogP contribution in [0.4, 0.5) is 11.4 Å². The minimum absolute atomic E-state index is 0.0444. The number of nitrogens with two attached hydrogens (primary N) is 2. The molecule has 0 saturated heterocycles. The lowest BCUT2D eigenvalue weighted by Gasteiger charge is -2.30. The van der Waals surface area contributed by atoms with Crippen molar-refractivity contribution >= 4 is 21.4 Å². The third-order valence-electron chi connectivity index (χ3n) is 3.38. The summed E-state index contributed by atoms with van der Waals surface area (Å²) < 4.78 is 22.9. The highest BCUT2D eigenvalue weighted by Gasteiger charge is 2.16. The molecular weight excluding hydrogens is 288 g/mol. The van der Waals surface area contributed by atoms with E-state index in [-0.39, 0.29) is 10.6 Å². The number of para-hydroxylation sites is 1. The molecule has 0 radical (unpaired) electrons. The Morgan fingerprint density at radius 3 is 2.24 bits per heavy atom. The fourth-order valence-corrected chi connectivity index (χ4v) is 3.06. The van der Waals surface area contributed by atoms with E-state index in [9.17, 15) is 8.42 Å². The van der Waals surface area contributed by atoms with E-state index in [4.69, 9.17) is 10.9 Å². The van der Waals surface area contributed by atoms with Crippen molar-refractivity contribution in [2.24, 2.45) is 5.14 Å². The highest BCUT2D eigenvalue weighted by Crippen LogP contribution is 2.25. The Hall–Kier alpha value is -1.31. The molecule has 0 aromatic heterocycles. The normalized spacial score (nSPS) is 12.4. The Morgan fingerprint density at radius 2 is 1.76 bits per heavy atom. The minimum Gasteiger partial charge on any atom is -0.396 e. The quantitative estimate of drug-likeness (QED) is 0.661. The van der Waals surface area contributed by atoms with E-state index in [0.29, 0.717) is 24.3 Å². The molecule has 5 N–H and O–H groups in total. The summed E-state index contributed by atoms with van der Waals surface area (Å²) in [7, 11) is -3.80. The van der Waals surface area contributed by atoms with Crippen molar-refractivity contribution in [3.63, 3.8) is 0 Å². The molecule has 1 aromatic carbocycles. The SMILES string of the molecule is CC(C)N(CCNc1cccc(S(N)(=O)=O)c1N)C(C)C. The molecule has 0 fully saturated rings. The van der Waals surface area contributed by atoms with Gasteiger partial charge in [0.2, 0.25) is 10.0 Å². The zero-order valence-electron chi connectivity index (χ0n) is 13.1. The van der Waals surface area contributed by atoms with Gasteiger partial charge in [-0.05, 0) is 39.8 Å². The second kappa shape index (κ2) is 7.11. The van der Waals surface area contributed by atoms with Crippen molar-refractivity contribution in [1.82, 2.24) is 4.90 Å². The van der Waals surface area contributed by atoms with E-state index in [2.05, 4.69) is 37.9 Å². The number of hydrogen-bond donors (Lipinski definition) is 3. The number of nitrogens with one attached hydrogen (secondary N) is 1. The molecule has 0 aliphatic rings. The number of benzene rings is 1. The second-order valence-electron chi connectivity index (χ2n) is 5.61. The van der Waals surface area contributed by atoms with Crippen LogP contribution in [0.5, 0.6) is 0 Å². The van der Waals surface area contributed by atoms with Crippen LogP contribution in [0.2, 0.25) is 0 Å². The van der Waals surface area contributed by atoms with E-state index in [1.165, 1.54) is 6.07 Å². The van der Waals surface area contributed by atoms with Gasteiger partial charge < -0.3 is 11.1 Å². The van der Waals surface area contributed by atoms with E-state index < -0.39 is 10.0 Å². The summed E-state index contributed by atoms with van der Waals surface area (Å²) >= 11 is 0. The first-order chi connectivity index (χ1) is 9.64. The number of rotatable bonds is 7. The average Bonchev–Trinajstić information content (AvgIpc) is 2.33. The molecule has 21 heavy (non-hydrogen) atoms. The largest absolute Gasteiger partial charge is 0.396 e. The highest BCUT2D eigenvalue weighted by molar-refractivity contribution is 7.89. The molecule has 6 nitrogen and oxygen atoms in total. The fourth-order valence-electron chi connectivity index (χ4n) is 2.38. The van der Waals surface area contributed by atoms with Crippen molar-refractivity contribution in [2.45, 2.75) is 44.7 Å². The fraction of sp³-hybridized carbons (Fsp3) is 0.571. The van der Waals surface area contributed by atoms with Gasteiger partial charge in [0.1, 0.15) is 4.90 Å². The topological polar surface area (TPSA) is 101 Å². The van der Waals surface area contributed by atoms with Crippen LogP contribution in [-0.4, -0.2) is 38.5 Å². The number of anilines is 2. The summed E-state index contributed by atoms with van der Waals surface area (Å²) in [4.78, 5) is 2.30. The lowest BCUT2D eigenvalue weighted by molar-refractivity contribution is 0.182. The minimum atomic E-state index is -3.80. The summed E-state index contributed by atoms with van der Waals surface area (Å²) in [6.07, 6.45) is 0. The van der Waals surface area contributed by atoms with E-state index in [1.807, 2.05) is 0 Å². The maximum absolute atomic E-state index is 11.4. The number of sulfonamides is 1. The van der Waals surface area contributed by atoms with Crippen LogP contribution < -0.4 is 16.2 Å². The van der Waals surface area contributed by atoms with Crippen LogP contribution in [0.1, 0.15) is 27.7 Å². The van der Waals surface area contributed by atoms with Gasteiger partial charge in [-0.15, -0.1) is 0 Å². The maximum Gasteiger partial charge on any atom is 0.240 e.